The van der Waals surface area contributed by atoms with Crippen molar-refractivity contribution < 1.29 is 9.47 Å². The summed E-state index contributed by atoms with van der Waals surface area (Å²) in [5, 5.41) is 3.51. The van der Waals surface area contributed by atoms with Gasteiger partial charge in [0.25, 0.3) is 0 Å². The number of benzene rings is 1. The van der Waals surface area contributed by atoms with E-state index in [0.717, 1.165) is 35.8 Å². The van der Waals surface area contributed by atoms with Crippen LogP contribution in [-0.4, -0.2) is 50.3 Å². The van der Waals surface area contributed by atoms with Gasteiger partial charge in [0.2, 0.25) is 0 Å². The molecule has 7 heteroatoms. The molecule has 1 aromatic rings. The number of guanidine groups is 1. The molecule has 5 nitrogen and oxygen atoms in total. The zero-order chi connectivity index (χ0) is 16.7. The Bertz CT molecular complexity index is 639. The number of nitrogens with one attached hydrogen (secondary N) is 1. The van der Waals surface area contributed by atoms with Crippen molar-refractivity contribution in [1.29, 1.82) is 0 Å². The smallest absolute Gasteiger partial charge is 0.193 e. The number of likely N-dealkylation sites (tertiary alicyclic amines) is 1. The van der Waals surface area contributed by atoms with E-state index >= 15 is 0 Å². The Balaban J connectivity index is 0.00000182. The van der Waals surface area contributed by atoms with Crippen molar-refractivity contribution in [3.05, 3.63) is 28.2 Å². The molecule has 4 rings (SSSR count). The van der Waals surface area contributed by atoms with Crippen LogP contribution in [0.3, 0.4) is 0 Å². The molecule has 138 valence electrons. The number of hydrogen-bond acceptors (Lipinski definition) is 3. The van der Waals surface area contributed by atoms with Gasteiger partial charge < -0.3 is 19.7 Å². The highest BCUT2D eigenvalue weighted by atomic mass is 127. The van der Waals surface area contributed by atoms with Gasteiger partial charge in [-0.1, -0.05) is 15.9 Å². The second kappa shape index (κ2) is 8.00. The van der Waals surface area contributed by atoms with Crippen LogP contribution in [0.15, 0.2) is 27.7 Å². The number of fused-ring (bicyclic) bond motifs is 5. The van der Waals surface area contributed by atoms with Crippen LogP contribution in [-0.2, 0) is 11.3 Å². The molecule has 25 heavy (non-hydrogen) atoms. The number of hydrogen-bond donors (Lipinski definition) is 1. The summed E-state index contributed by atoms with van der Waals surface area (Å²) < 4.78 is 12.5. The third kappa shape index (κ3) is 3.64. The first-order valence-corrected chi connectivity index (χ1v) is 9.42. The minimum atomic E-state index is 0. The molecule has 3 saturated heterocycles. The highest BCUT2D eigenvalue weighted by molar-refractivity contribution is 14.0. The fourth-order valence-electron chi connectivity index (χ4n) is 4.45. The van der Waals surface area contributed by atoms with Crippen LogP contribution in [0.2, 0.25) is 0 Å². The summed E-state index contributed by atoms with van der Waals surface area (Å²) in [5.74, 6) is 3.23. The molecule has 1 N–H and O–H groups in total. The Morgan fingerprint density at radius 3 is 2.60 bits per heavy atom. The minimum Gasteiger partial charge on any atom is -0.497 e. The zero-order valence-corrected chi connectivity index (χ0v) is 18.5. The van der Waals surface area contributed by atoms with E-state index in [1.54, 1.807) is 7.11 Å². The lowest BCUT2D eigenvalue weighted by atomic mass is 9.82. The van der Waals surface area contributed by atoms with Crippen molar-refractivity contribution in [3.8, 4) is 5.75 Å². The van der Waals surface area contributed by atoms with Gasteiger partial charge in [-0.2, -0.15) is 0 Å². The SMILES string of the molecule is CN=C(NCc1cc(OC)ccc1Br)N1CC2C3CCC(O3)C2C1.I. The molecular formula is C18H25BrIN3O2. The number of ether oxygens (including phenoxy) is 2. The lowest BCUT2D eigenvalue weighted by Gasteiger charge is -2.23. The van der Waals surface area contributed by atoms with Crippen LogP contribution < -0.4 is 10.1 Å². The first-order chi connectivity index (χ1) is 11.7. The van der Waals surface area contributed by atoms with Crippen molar-refractivity contribution in [2.45, 2.75) is 31.6 Å². The lowest BCUT2D eigenvalue weighted by molar-refractivity contribution is 0.0767. The molecule has 3 fully saturated rings. The number of aliphatic imine (C=N–C) groups is 1. The van der Waals surface area contributed by atoms with E-state index < -0.39 is 0 Å². The molecule has 0 radical (unpaired) electrons. The van der Waals surface area contributed by atoms with E-state index in [0.29, 0.717) is 24.0 Å². The third-order valence-electron chi connectivity index (χ3n) is 5.65. The summed E-state index contributed by atoms with van der Waals surface area (Å²) >= 11 is 3.61. The van der Waals surface area contributed by atoms with Crippen LogP contribution in [0.4, 0.5) is 0 Å². The van der Waals surface area contributed by atoms with E-state index in [-0.39, 0.29) is 24.0 Å². The van der Waals surface area contributed by atoms with E-state index in [1.807, 2.05) is 19.2 Å². The van der Waals surface area contributed by atoms with Gasteiger partial charge in [0, 0.05) is 43.0 Å². The monoisotopic (exact) mass is 521 g/mol. The summed E-state index contributed by atoms with van der Waals surface area (Å²) in [4.78, 5) is 6.90. The molecule has 0 aliphatic carbocycles. The Morgan fingerprint density at radius 1 is 1.32 bits per heavy atom. The highest BCUT2D eigenvalue weighted by Crippen LogP contribution is 2.47. The Hall–Kier alpha value is -0.540. The third-order valence-corrected chi connectivity index (χ3v) is 6.43. The molecule has 2 bridgehead atoms. The summed E-state index contributed by atoms with van der Waals surface area (Å²) in [5.41, 5.74) is 1.17. The molecule has 4 atom stereocenters. The maximum atomic E-state index is 6.06. The Morgan fingerprint density at radius 2 is 2.00 bits per heavy atom. The standard InChI is InChI=1S/C18H24BrN3O2.HI/c1-20-18(21-8-11-7-12(23-2)3-4-15(11)19)22-9-13-14(10-22)17-6-5-16(13)24-17;/h3-4,7,13-14,16-17H,5-6,8-10H2,1-2H3,(H,20,21);1H. The van der Waals surface area contributed by atoms with Gasteiger partial charge >= 0.3 is 0 Å². The van der Waals surface area contributed by atoms with Crippen molar-refractivity contribution in [3.63, 3.8) is 0 Å². The zero-order valence-electron chi connectivity index (χ0n) is 14.6. The summed E-state index contributed by atoms with van der Waals surface area (Å²) in [6.07, 6.45) is 3.44. The molecular weight excluding hydrogens is 497 g/mol. The van der Waals surface area contributed by atoms with Crippen LogP contribution in [0.1, 0.15) is 18.4 Å². The molecule has 0 saturated carbocycles. The van der Waals surface area contributed by atoms with Crippen molar-refractivity contribution >= 4 is 45.9 Å². The van der Waals surface area contributed by atoms with Crippen molar-refractivity contribution in [2.24, 2.45) is 16.8 Å². The van der Waals surface area contributed by atoms with E-state index in [9.17, 15) is 0 Å². The highest BCUT2D eigenvalue weighted by Gasteiger charge is 2.53. The van der Waals surface area contributed by atoms with Gasteiger partial charge in [-0.05, 0) is 36.6 Å². The van der Waals surface area contributed by atoms with Crippen LogP contribution in [0, 0.1) is 11.8 Å². The second-order valence-corrected chi connectivity index (χ2v) is 7.74. The van der Waals surface area contributed by atoms with Gasteiger partial charge in [-0.15, -0.1) is 24.0 Å². The summed E-state index contributed by atoms with van der Waals surface area (Å²) in [6.45, 7) is 2.84. The largest absolute Gasteiger partial charge is 0.497 e. The van der Waals surface area contributed by atoms with Crippen molar-refractivity contribution in [1.82, 2.24) is 10.2 Å². The molecule has 0 aromatic heterocycles. The molecule has 3 heterocycles. The predicted molar refractivity (Wildman–Crippen MR) is 113 cm³/mol. The molecule has 1 aromatic carbocycles. The van der Waals surface area contributed by atoms with E-state index in [1.165, 1.54) is 18.4 Å². The average Bonchev–Trinajstić information content (AvgIpc) is 3.29. The first kappa shape index (κ1) is 19.2. The van der Waals surface area contributed by atoms with E-state index in [2.05, 4.69) is 37.2 Å². The Kier molecular flexibility index (Phi) is 6.15. The molecule has 3 aliphatic heterocycles. The summed E-state index contributed by atoms with van der Waals surface area (Å²) in [7, 11) is 3.56. The van der Waals surface area contributed by atoms with Gasteiger partial charge in [-0.25, -0.2) is 0 Å². The number of rotatable bonds is 3. The Labute approximate surface area is 174 Å². The first-order valence-electron chi connectivity index (χ1n) is 8.63. The van der Waals surface area contributed by atoms with Gasteiger partial charge in [0.15, 0.2) is 5.96 Å². The average molecular weight is 522 g/mol. The number of halogens is 2. The van der Waals surface area contributed by atoms with Crippen molar-refractivity contribution in [2.75, 3.05) is 27.2 Å². The van der Waals surface area contributed by atoms with Gasteiger partial charge in [0.1, 0.15) is 5.75 Å². The maximum Gasteiger partial charge on any atom is 0.193 e. The normalized spacial score (nSPS) is 30.2. The molecule has 0 spiro atoms. The van der Waals surface area contributed by atoms with Gasteiger partial charge in [0.05, 0.1) is 19.3 Å². The molecule has 3 aliphatic rings. The number of nitrogens with zero attached hydrogens (tertiary/aromatic N) is 2. The van der Waals surface area contributed by atoms with Crippen LogP contribution in [0.5, 0.6) is 5.75 Å². The molecule has 4 unspecified atom stereocenters. The topological polar surface area (TPSA) is 46.1 Å². The summed E-state index contributed by atoms with van der Waals surface area (Å²) in [6, 6.07) is 6.03. The van der Waals surface area contributed by atoms with Crippen LogP contribution in [0.25, 0.3) is 0 Å². The number of methoxy groups -OCH3 is 1. The fourth-order valence-corrected chi connectivity index (χ4v) is 4.84. The minimum absolute atomic E-state index is 0. The lowest BCUT2D eigenvalue weighted by Crippen LogP contribution is -2.41. The maximum absolute atomic E-state index is 6.06. The quantitative estimate of drug-likeness (QED) is 0.377. The fraction of sp³-hybridized carbons (Fsp3) is 0.611. The van der Waals surface area contributed by atoms with Gasteiger partial charge in [-0.3, -0.25) is 4.99 Å². The second-order valence-electron chi connectivity index (χ2n) is 6.88. The molecule has 0 amide bonds. The predicted octanol–water partition coefficient (Wildman–Crippen LogP) is 3.26. The van der Waals surface area contributed by atoms with E-state index in [4.69, 9.17) is 9.47 Å². The van der Waals surface area contributed by atoms with Crippen LogP contribution >= 0.6 is 39.9 Å².